The standard InChI is InChI=1S/C19H26N6/c1-24-11-12-25(13-17(24)14-5-3-2-4-6-14)18-15-7-9-21-10-8-16(15)22-19(20)23-18/h2-6,17,21H,7-13H2,1H3,(H2,20,22,23). The number of rotatable bonds is 2. The summed E-state index contributed by atoms with van der Waals surface area (Å²) in [5.41, 5.74) is 9.77. The molecule has 1 aromatic heterocycles. The minimum absolute atomic E-state index is 0.366. The highest BCUT2D eigenvalue weighted by atomic mass is 15.3. The predicted octanol–water partition coefficient (Wildman–Crippen LogP) is 1.24. The molecule has 4 rings (SSSR count). The highest BCUT2D eigenvalue weighted by Gasteiger charge is 2.29. The van der Waals surface area contributed by atoms with Crippen LogP contribution in [0.15, 0.2) is 30.3 Å². The van der Waals surface area contributed by atoms with Crippen LogP contribution < -0.4 is 16.0 Å². The van der Waals surface area contributed by atoms with Gasteiger partial charge in [0, 0.05) is 38.2 Å². The minimum Gasteiger partial charge on any atom is -0.368 e. The first-order chi connectivity index (χ1) is 12.2. The molecule has 0 aliphatic carbocycles. The highest BCUT2D eigenvalue weighted by Crippen LogP contribution is 2.30. The number of aromatic nitrogens is 2. The summed E-state index contributed by atoms with van der Waals surface area (Å²) in [4.78, 5) is 14.0. The van der Waals surface area contributed by atoms with Gasteiger partial charge in [-0.05, 0) is 25.6 Å². The number of fused-ring (bicyclic) bond motifs is 1. The molecule has 1 atom stereocenters. The molecule has 3 heterocycles. The second kappa shape index (κ2) is 6.98. The lowest BCUT2D eigenvalue weighted by Gasteiger charge is -2.41. The third kappa shape index (κ3) is 3.32. The molecule has 2 aliphatic heterocycles. The van der Waals surface area contributed by atoms with Gasteiger partial charge in [-0.1, -0.05) is 30.3 Å². The van der Waals surface area contributed by atoms with Crippen LogP contribution in [0.1, 0.15) is 22.9 Å². The molecule has 3 N–H and O–H groups in total. The number of hydrogen-bond donors (Lipinski definition) is 2. The van der Waals surface area contributed by atoms with Gasteiger partial charge in [-0.25, -0.2) is 4.98 Å². The lowest BCUT2D eigenvalue weighted by atomic mass is 10.0. The molecule has 6 heteroatoms. The molecule has 0 saturated carbocycles. The maximum Gasteiger partial charge on any atom is 0.222 e. The van der Waals surface area contributed by atoms with Gasteiger partial charge in [0.2, 0.25) is 5.95 Å². The third-order valence-corrected chi connectivity index (χ3v) is 5.31. The predicted molar refractivity (Wildman–Crippen MR) is 101 cm³/mol. The van der Waals surface area contributed by atoms with Gasteiger partial charge in [-0.3, -0.25) is 4.90 Å². The Morgan fingerprint density at radius 1 is 1.08 bits per heavy atom. The van der Waals surface area contributed by atoms with Crippen LogP contribution in [0.3, 0.4) is 0 Å². The number of likely N-dealkylation sites (N-methyl/N-ethyl adjacent to an activating group) is 1. The van der Waals surface area contributed by atoms with Crippen molar-refractivity contribution in [2.45, 2.75) is 18.9 Å². The van der Waals surface area contributed by atoms with Crippen LogP contribution in [-0.2, 0) is 12.8 Å². The summed E-state index contributed by atoms with van der Waals surface area (Å²) in [6.45, 7) is 4.84. The van der Waals surface area contributed by atoms with Crippen molar-refractivity contribution in [2.24, 2.45) is 0 Å². The fraction of sp³-hybridized carbons (Fsp3) is 0.474. The topological polar surface area (TPSA) is 70.3 Å². The van der Waals surface area contributed by atoms with Crippen molar-refractivity contribution in [1.29, 1.82) is 0 Å². The van der Waals surface area contributed by atoms with E-state index in [2.05, 4.69) is 62.5 Å². The normalized spacial score (nSPS) is 21.6. The van der Waals surface area contributed by atoms with Gasteiger partial charge in [-0.15, -0.1) is 0 Å². The van der Waals surface area contributed by atoms with Crippen LogP contribution >= 0.6 is 0 Å². The molecule has 0 radical (unpaired) electrons. The monoisotopic (exact) mass is 338 g/mol. The van der Waals surface area contributed by atoms with Gasteiger partial charge >= 0.3 is 0 Å². The van der Waals surface area contributed by atoms with Crippen molar-refractivity contribution >= 4 is 11.8 Å². The first-order valence-electron chi connectivity index (χ1n) is 9.08. The van der Waals surface area contributed by atoms with Crippen molar-refractivity contribution in [3.63, 3.8) is 0 Å². The Balaban J connectivity index is 1.67. The lowest BCUT2D eigenvalue weighted by Crippen LogP contribution is -2.47. The van der Waals surface area contributed by atoms with E-state index in [4.69, 9.17) is 5.73 Å². The Kier molecular flexibility index (Phi) is 4.55. The Hall–Kier alpha value is -2.18. The summed E-state index contributed by atoms with van der Waals surface area (Å²) in [5, 5.41) is 3.45. The first-order valence-corrected chi connectivity index (χ1v) is 9.08. The largest absolute Gasteiger partial charge is 0.368 e. The summed E-state index contributed by atoms with van der Waals surface area (Å²) >= 11 is 0. The van der Waals surface area contributed by atoms with Crippen LogP contribution in [0.5, 0.6) is 0 Å². The average Bonchev–Trinajstić information content (AvgIpc) is 2.87. The van der Waals surface area contributed by atoms with Gasteiger partial charge in [0.25, 0.3) is 0 Å². The van der Waals surface area contributed by atoms with E-state index in [0.717, 1.165) is 57.1 Å². The zero-order valence-electron chi connectivity index (χ0n) is 14.8. The van der Waals surface area contributed by atoms with Gasteiger partial charge in [-0.2, -0.15) is 4.98 Å². The Morgan fingerprint density at radius 3 is 2.72 bits per heavy atom. The molecular weight excluding hydrogens is 312 g/mol. The molecule has 0 amide bonds. The number of nitrogen functional groups attached to an aromatic ring is 1. The SMILES string of the molecule is CN1CCN(c2nc(N)nc3c2CCNCC3)CC1c1ccccc1. The van der Waals surface area contributed by atoms with Crippen molar-refractivity contribution in [3.8, 4) is 0 Å². The fourth-order valence-electron chi connectivity index (χ4n) is 3.91. The number of nitrogens with zero attached hydrogens (tertiary/aromatic N) is 4. The van der Waals surface area contributed by atoms with Gasteiger partial charge < -0.3 is 16.0 Å². The summed E-state index contributed by atoms with van der Waals surface area (Å²) in [6.07, 6.45) is 1.89. The van der Waals surface area contributed by atoms with Crippen LogP contribution in [0, 0.1) is 0 Å². The molecule has 6 nitrogen and oxygen atoms in total. The smallest absolute Gasteiger partial charge is 0.222 e. The Morgan fingerprint density at radius 2 is 1.88 bits per heavy atom. The number of nitrogens with one attached hydrogen (secondary N) is 1. The van der Waals surface area contributed by atoms with E-state index in [1.165, 1.54) is 11.1 Å². The summed E-state index contributed by atoms with van der Waals surface area (Å²) in [6, 6.07) is 11.1. The fourth-order valence-corrected chi connectivity index (χ4v) is 3.91. The van der Waals surface area contributed by atoms with E-state index in [1.54, 1.807) is 0 Å². The van der Waals surface area contributed by atoms with Gasteiger partial charge in [0.05, 0.1) is 11.7 Å². The zero-order valence-corrected chi connectivity index (χ0v) is 14.8. The number of hydrogen-bond acceptors (Lipinski definition) is 6. The molecule has 2 aliphatic rings. The first kappa shape index (κ1) is 16.3. The van der Waals surface area contributed by atoms with E-state index >= 15 is 0 Å². The van der Waals surface area contributed by atoms with E-state index < -0.39 is 0 Å². The van der Waals surface area contributed by atoms with Crippen LogP contribution in [0.2, 0.25) is 0 Å². The van der Waals surface area contributed by atoms with Crippen LogP contribution in [0.4, 0.5) is 11.8 Å². The Bertz CT molecular complexity index is 732. The highest BCUT2D eigenvalue weighted by molar-refractivity contribution is 5.53. The molecule has 2 aromatic rings. The van der Waals surface area contributed by atoms with E-state index in [-0.39, 0.29) is 0 Å². The molecule has 1 unspecified atom stereocenters. The maximum absolute atomic E-state index is 6.03. The molecule has 0 bridgehead atoms. The molecular formula is C19H26N6. The third-order valence-electron chi connectivity index (χ3n) is 5.31. The molecule has 1 aromatic carbocycles. The average molecular weight is 338 g/mol. The van der Waals surface area contributed by atoms with E-state index in [0.29, 0.717) is 12.0 Å². The number of anilines is 2. The maximum atomic E-state index is 6.03. The van der Waals surface area contributed by atoms with Gasteiger partial charge in [0.15, 0.2) is 0 Å². The molecule has 25 heavy (non-hydrogen) atoms. The van der Waals surface area contributed by atoms with Crippen molar-refractivity contribution < 1.29 is 0 Å². The summed E-state index contributed by atoms with van der Waals surface area (Å²) < 4.78 is 0. The number of piperazine rings is 1. The van der Waals surface area contributed by atoms with Crippen molar-refractivity contribution in [2.75, 3.05) is 50.4 Å². The summed E-state index contributed by atoms with van der Waals surface area (Å²) in [7, 11) is 2.20. The number of benzene rings is 1. The van der Waals surface area contributed by atoms with Crippen molar-refractivity contribution in [1.82, 2.24) is 20.2 Å². The van der Waals surface area contributed by atoms with E-state index in [1.807, 2.05) is 0 Å². The number of nitrogens with two attached hydrogens (primary N) is 1. The molecule has 0 spiro atoms. The summed E-state index contributed by atoms with van der Waals surface area (Å²) in [5.74, 6) is 1.44. The van der Waals surface area contributed by atoms with E-state index in [9.17, 15) is 0 Å². The zero-order chi connectivity index (χ0) is 17.2. The van der Waals surface area contributed by atoms with Gasteiger partial charge in [0.1, 0.15) is 5.82 Å². The quantitative estimate of drug-likeness (QED) is 0.859. The Labute approximate surface area is 149 Å². The lowest BCUT2D eigenvalue weighted by molar-refractivity contribution is 0.220. The molecule has 1 saturated heterocycles. The minimum atomic E-state index is 0.366. The molecule has 1 fully saturated rings. The van der Waals surface area contributed by atoms with Crippen LogP contribution in [-0.4, -0.2) is 54.6 Å². The second-order valence-electron chi connectivity index (χ2n) is 6.93. The molecule has 132 valence electrons. The second-order valence-corrected chi connectivity index (χ2v) is 6.93. The van der Waals surface area contributed by atoms with Crippen LogP contribution in [0.25, 0.3) is 0 Å². The van der Waals surface area contributed by atoms with Crippen molar-refractivity contribution in [3.05, 3.63) is 47.2 Å².